The van der Waals surface area contributed by atoms with Crippen LogP contribution in [0.3, 0.4) is 0 Å². The van der Waals surface area contributed by atoms with Crippen LogP contribution in [0.1, 0.15) is 76.9 Å². The maximum absolute atomic E-state index is 6.03. The lowest BCUT2D eigenvalue weighted by atomic mass is 9.98. The molecule has 0 N–H and O–H groups in total. The molecule has 1 aromatic heterocycles. The predicted molar refractivity (Wildman–Crippen MR) is 111 cm³/mol. The van der Waals surface area contributed by atoms with E-state index >= 15 is 0 Å². The average Bonchev–Trinajstić information content (AvgIpc) is 3.19. The third kappa shape index (κ3) is 6.10. The predicted octanol–water partition coefficient (Wildman–Crippen LogP) is 7.04. The summed E-state index contributed by atoms with van der Waals surface area (Å²) < 4.78 is 11.9. The van der Waals surface area contributed by atoms with Gasteiger partial charge in [-0.1, -0.05) is 64.0 Å². The van der Waals surface area contributed by atoms with Gasteiger partial charge in [-0.05, 0) is 19.4 Å². The number of unbranched alkanes of at least 4 members (excludes halogenated alkanes) is 6. The molecule has 144 valence electrons. The molecule has 1 unspecified atom stereocenters. The lowest BCUT2D eigenvalue weighted by Crippen LogP contribution is -2.06. The summed E-state index contributed by atoms with van der Waals surface area (Å²) in [7, 11) is 1.80. The van der Waals surface area contributed by atoms with Gasteiger partial charge in [-0.15, -0.1) is 11.3 Å². The fraction of sp³-hybridized carbons (Fsp3) is 0.591. The van der Waals surface area contributed by atoms with E-state index in [0.29, 0.717) is 6.61 Å². The zero-order chi connectivity index (χ0) is 18.6. The van der Waals surface area contributed by atoms with Crippen LogP contribution in [-0.2, 0) is 4.74 Å². The van der Waals surface area contributed by atoms with E-state index in [-0.39, 0.29) is 6.10 Å². The lowest BCUT2D eigenvalue weighted by Gasteiger charge is -2.21. The first-order valence-electron chi connectivity index (χ1n) is 9.98. The third-order valence-corrected chi connectivity index (χ3v) is 5.33. The molecule has 26 heavy (non-hydrogen) atoms. The van der Waals surface area contributed by atoms with Gasteiger partial charge in [0, 0.05) is 23.6 Å². The second-order valence-electron chi connectivity index (χ2n) is 6.66. The van der Waals surface area contributed by atoms with Crippen LogP contribution in [0.5, 0.6) is 5.75 Å². The van der Waals surface area contributed by atoms with E-state index in [1.165, 1.54) is 44.9 Å². The average molecular weight is 376 g/mol. The smallest absolute Gasteiger partial charge is 0.134 e. The SMILES string of the molecule is CCCCCCCCCC(OC)c1cccc(-c2cscn2)c1OCC. The topological polar surface area (TPSA) is 31.4 Å². The maximum atomic E-state index is 6.03. The number of nitrogens with zero attached hydrogens (tertiary/aromatic N) is 1. The molecule has 1 heterocycles. The van der Waals surface area contributed by atoms with Crippen molar-refractivity contribution in [3.8, 4) is 17.0 Å². The number of para-hydroxylation sites is 1. The normalized spacial score (nSPS) is 12.3. The van der Waals surface area contributed by atoms with Gasteiger partial charge in [0.15, 0.2) is 0 Å². The van der Waals surface area contributed by atoms with Crippen LogP contribution >= 0.6 is 11.3 Å². The standard InChI is InChI=1S/C22H33NO2S/c1-4-6-7-8-9-10-11-15-21(24-3)19-14-12-13-18(22(19)25-5-2)20-16-26-17-23-20/h12-14,16-17,21H,4-11,15H2,1-3H3. The van der Waals surface area contributed by atoms with Gasteiger partial charge in [-0.2, -0.15) is 0 Å². The highest BCUT2D eigenvalue weighted by Gasteiger charge is 2.20. The van der Waals surface area contributed by atoms with E-state index in [2.05, 4.69) is 35.5 Å². The molecule has 1 atom stereocenters. The molecule has 0 aliphatic carbocycles. The Morgan fingerprint density at radius 3 is 2.46 bits per heavy atom. The molecule has 0 aliphatic heterocycles. The van der Waals surface area contributed by atoms with Crippen molar-refractivity contribution in [2.75, 3.05) is 13.7 Å². The number of rotatable bonds is 13. The van der Waals surface area contributed by atoms with Crippen molar-refractivity contribution >= 4 is 11.3 Å². The largest absolute Gasteiger partial charge is 0.493 e. The number of thiazole rings is 1. The van der Waals surface area contributed by atoms with Crippen LogP contribution in [0.2, 0.25) is 0 Å². The Hall–Kier alpha value is -1.39. The molecule has 0 fully saturated rings. The molecule has 0 radical (unpaired) electrons. The highest BCUT2D eigenvalue weighted by Crippen LogP contribution is 2.38. The highest BCUT2D eigenvalue weighted by molar-refractivity contribution is 7.07. The Balaban J connectivity index is 2.03. The Kier molecular flexibility index (Phi) is 9.72. The number of aromatic nitrogens is 1. The summed E-state index contributed by atoms with van der Waals surface area (Å²) in [4.78, 5) is 4.46. The summed E-state index contributed by atoms with van der Waals surface area (Å²) in [6.07, 6.45) is 10.3. The van der Waals surface area contributed by atoms with Crippen LogP contribution in [0, 0.1) is 0 Å². The quantitative estimate of drug-likeness (QED) is 0.352. The second kappa shape index (κ2) is 12.1. The van der Waals surface area contributed by atoms with E-state index in [1.807, 2.05) is 12.4 Å². The minimum absolute atomic E-state index is 0.0748. The number of hydrogen-bond donors (Lipinski definition) is 0. The van der Waals surface area contributed by atoms with Crippen molar-refractivity contribution in [2.45, 2.75) is 71.3 Å². The molecule has 2 rings (SSSR count). The summed E-state index contributed by atoms with van der Waals surface area (Å²) in [5, 5.41) is 2.07. The van der Waals surface area contributed by atoms with Crippen LogP contribution in [0.25, 0.3) is 11.3 Å². The minimum Gasteiger partial charge on any atom is -0.493 e. The van der Waals surface area contributed by atoms with Crippen molar-refractivity contribution < 1.29 is 9.47 Å². The molecule has 1 aromatic carbocycles. The molecule has 0 spiro atoms. The van der Waals surface area contributed by atoms with E-state index in [1.54, 1.807) is 18.4 Å². The molecule has 3 nitrogen and oxygen atoms in total. The van der Waals surface area contributed by atoms with E-state index in [0.717, 1.165) is 29.0 Å². The summed E-state index contributed by atoms with van der Waals surface area (Å²) in [6.45, 7) is 4.93. The molecule has 0 saturated heterocycles. The summed E-state index contributed by atoms with van der Waals surface area (Å²) in [5.41, 5.74) is 5.05. The Morgan fingerprint density at radius 2 is 1.81 bits per heavy atom. The van der Waals surface area contributed by atoms with Crippen molar-refractivity contribution in [3.63, 3.8) is 0 Å². The van der Waals surface area contributed by atoms with Crippen molar-refractivity contribution in [3.05, 3.63) is 34.7 Å². The molecule has 0 amide bonds. The lowest BCUT2D eigenvalue weighted by molar-refractivity contribution is 0.0902. The fourth-order valence-corrected chi connectivity index (χ4v) is 3.90. The Labute approximate surface area is 162 Å². The van der Waals surface area contributed by atoms with Gasteiger partial charge in [0.1, 0.15) is 5.75 Å². The number of methoxy groups -OCH3 is 1. The molecule has 2 aromatic rings. The summed E-state index contributed by atoms with van der Waals surface area (Å²) >= 11 is 1.61. The van der Waals surface area contributed by atoms with Crippen molar-refractivity contribution in [1.29, 1.82) is 0 Å². The van der Waals surface area contributed by atoms with Gasteiger partial charge in [0.05, 0.1) is 23.9 Å². The molecule has 4 heteroatoms. The van der Waals surface area contributed by atoms with Crippen LogP contribution in [0.4, 0.5) is 0 Å². The molecule has 0 saturated carbocycles. The minimum atomic E-state index is 0.0748. The second-order valence-corrected chi connectivity index (χ2v) is 7.38. The molecular weight excluding hydrogens is 342 g/mol. The third-order valence-electron chi connectivity index (χ3n) is 4.74. The zero-order valence-electron chi connectivity index (χ0n) is 16.5. The van der Waals surface area contributed by atoms with Gasteiger partial charge in [-0.3, -0.25) is 0 Å². The van der Waals surface area contributed by atoms with Crippen molar-refractivity contribution in [2.24, 2.45) is 0 Å². The van der Waals surface area contributed by atoms with Gasteiger partial charge in [-0.25, -0.2) is 4.98 Å². The number of hydrogen-bond acceptors (Lipinski definition) is 4. The van der Waals surface area contributed by atoms with Gasteiger partial charge in [0.2, 0.25) is 0 Å². The molecule has 0 bridgehead atoms. The van der Waals surface area contributed by atoms with Crippen LogP contribution in [-0.4, -0.2) is 18.7 Å². The zero-order valence-corrected chi connectivity index (χ0v) is 17.3. The fourth-order valence-electron chi connectivity index (χ4n) is 3.35. The van der Waals surface area contributed by atoms with E-state index in [4.69, 9.17) is 9.47 Å². The number of benzene rings is 1. The summed E-state index contributed by atoms with van der Waals surface area (Å²) in [5.74, 6) is 0.927. The first kappa shape index (κ1) is 20.9. The Bertz CT molecular complexity index is 613. The van der Waals surface area contributed by atoms with E-state index in [9.17, 15) is 0 Å². The molecular formula is C22H33NO2S. The highest BCUT2D eigenvalue weighted by atomic mass is 32.1. The van der Waals surface area contributed by atoms with Gasteiger partial charge >= 0.3 is 0 Å². The first-order chi connectivity index (χ1) is 12.8. The van der Waals surface area contributed by atoms with Crippen LogP contribution < -0.4 is 4.74 Å². The molecule has 0 aliphatic rings. The first-order valence-corrected chi connectivity index (χ1v) is 10.9. The monoisotopic (exact) mass is 375 g/mol. The number of ether oxygens (including phenoxy) is 2. The summed E-state index contributed by atoms with van der Waals surface area (Å²) in [6, 6.07) is 6.31. The maximum Gasteiger partial charge on any atom is 0.134 e. The van der Waals surface area contributed by atoms with Gasteiger partial charge in [0.25, 0.3) is 0 Å². The Morgan fingerprint density at radius 1 is 1.04 bits per heavy atom. The van der Waals surface area contributed by atoms with E-state index < -0.39 is 0 Å². The van der Waals surface area contributed by atoms with Crippen molar-refractivity contribution in [1.82, 2.24) is 4.98 Å². The van der Waals surface area contributed by atoms with Crippen LogP contribution in [0.15, 0.2) is 29.1 Å². The van der Waals surface area contributed by atoms with Gasteiger partial charge < -0.3 is 9.47 Å².